The Morgan fingerprint density at radius 2 is 2.32 bits per heavy atom. The summed E-state index contributed by atoms with van der Waals surface area (Å²) in [5, 5.41) is 10.8. The lowest BCUT2D eigenvalue weighted by atomic mass is 10.2. The number of methoxy groups -OCH3 is 1. The predicted molar refractivity (Wildman–Crippen MR) is 101 cm³/mol. The SMILES string of the molecule is CN=C(NCc1ccsc1)NC1CC(=O)N(c2cccc(OC)c2)C1. The summed E-state index contributed by atoms with van der Waals surface area (Å²) in [7, 11) is 3.36. The lowest BCUT2D eigenvalue weighted by Crippen LogP contribution is -2.44. The largest absolute Gasteiger partial charge is 0.497 e. The van der Waals surface area contributed by atoms with Gasteiger partial charge >= 0.3 is 0 Å². The maximum Gasteiger partial charge on any atom is 0.229 e. The van der Waals surface area contributed by atoms with E-state index in [4.69, 9.17) is 4.74 Å². The fourth-order valence-electron chi connectivity index (χ4n) is 2.80. The number of carbonyl (C=O) groups excluding carboxylic acids is 1. The molecule has 7 heteroatoms. The van der Waals surface area contributed by atoms with E-state index in [1.54, 1.807) is 30.4 Å². The van der Waals surface area contributed by atoms with Crippen molar-refractivity contribution >= 4 is 28.9 Å². The van der Waals surface area contributed by atoms with Crippen LogP contribution in [0.5, 0.6) is 5.75 Å². The van der Waals surface area contributed by atoms with Crippen LogP contribution in [0.4, 0.5) is 5.69 Å². The number of nitrogens with zero attached hydrogens (tertiary/aromatic N) is 2. The normalized spacial score (nSPS) is 17.7. The molecule has 1 atom stereocenters. The highest BCUT2D eigenvalue weighted by Gasteiger charge is 2.31. The summed E-state index contributed by atoms with van der Waals surface area (Å²) in [5.74, 6) is 1.55. The van der Waals surface area contributed by atoms with Gasteiger partial charge < -0.3 is 20.3 Å². The zero-order valence-electron chi connectivity index (χ0n) is 14.4. The Bertz CT molecular complexity index is 745. The van der Waals surface area contributed by atoms with Gasteiger partial charge in [0.1, 0.15) is 5.75 Å². The van der Waals surface area contributed by atoms with Crippen molar-refractivity contribution in [2.75, 3.05) is 25.6 Å². The summed E-state index contributed by atoms with van der Waals surface area (Å²) in [5.41, 5.74) is 2.07. The Morgan fingerprint density at radius 1 is 1.44 bits per heavy atom. The van der Waals surface area contributed by atoms with Crippen LogP contribution in [0.25, 0.3) is 0 Å². The molecule has 1 unspecified atom stereocenters. The van der Waals surface area contributed by atoms with Crippen molar-refractivity contribution in [3.63, 3.8) is 0 Å². The summed E-state index contributed by atoms with van der Waals surface area (Å²) in [6.07, 6.45) is 0.441. The molecule has 0 radical (unpaired) electrons. The minimum atomic E-state index is 0.0207. The van der Waals surface area contributed by atoms with Gasteiger partial charge in [0.15, 0.2) is 5.96 Å². The van der Waals surface area contributed by atoms with Gasteiger partial charge in [0.25, 0.3) is 0 Å². The number of hydrogen-bond acceptors (Lipinski definition) is 4. The third-order valence-corrected chi connectivity index (χ3v) is 4.83. The first kappa shape index (κ1) is 17.3. The third-order valence-electron chi connectivity index (χ3n) is 4.09. The predicted octanol–water partition coefficient (Wildman–Crippen LogP) is 2.23. The van der Waals surface area contributed by atoms with Crippen LogP contribution in [0.2, 0.25) is 0 Å². The number of carbonyl (C=O) groups is 1. The van der Waals surface area contributed by atoms with Gasteiger partial charge in [-0.1, -0.05) is 6.07 Å². The highest BCUT2D eigenvalue weighted by atomic mass is 32.1. The van der Waals surface area contributed by atoms with Gasteiger partial charge in [0.2, 0.25) is 5.91 Å². The van der Waals surface area contributed by atoms with E-state index in [1.807, 2.05) is 24.3 Å². The molecule has 1 aromatic heterocycles. The zero-order valence-corrected chi connectivity index (χ0v) is 15.2. The minimum Gasteiger partial charge on any atom is -0.497 e. The summed E-state index contributed by atoms with van der Waals surface area (Å²) in [4.78, 5) is 18.4. The van der Waals surface area contributed by atoms with Gasteiger partial charge in [0, 0.05) is 38.3 Å². The van der Waals surface area contributed by atoms with Crippen LogP contribution in [0, 0.1) is 0 Å². The lowest BCUT2D eigenvalue weighted by molar-refractivity contribution is -0.117. The van der Waals surface area contributed by atoms with Crippen molar-refractivity contribution in [1.82, 2.24) is 10.6 Å². The molecule has 0 aliphatic carbocycles. The quantitative estimate of drug-likeness (QED) is 0.635. The number of nitrogens with one attached hydrogen (secondary N) is 2. The summed E-state index contributed by atoms with van der Waals surface area (Å²) >= 11 is 1.67. The molecule has 1 aliphatic heterocycles. The molecule has 0 spiro atoms. The van der Waals surface area contributed by atoms with E-state index in [2.05, 4.69) is 32.5 Å². The highest BCUT2D eigenvalue weighted by molar-refractivity contribution is 7.07. The molecule has 2 aromatic rings. The van der Waals surface area contributed by atoms with Gasteiger partial charge in [0.05, 0.1) is 13.2 Å². The van der Waals surface area contributed by atoms with E-state index < -0.39 is 0 Å². The first-order chi connectivity index (χ1) is 12.2. The molecule has 0 saturated carbocycles. The summed E-state index contributed by atoms with van der Waals surface area (Å²) in [6.45, 7) is 1.31. The van der Waals surface area contributed by atoms with Crippen LogP contribution in [-0.4, -0.2) is 38.6 Å². The Hall–Kier alpha value is -2.54. The summed E-state index contributed by atoms with van der Waals surface area (Å²) < 4.78 is 5.24. The van der Waals surface area contributed by atoms with Crippen molar-refractivity contribution < 1.29 is 9.53 Å². The number of aliphatic imine (C=N–C) groups is 1. The van der Waals surface area contributed by atoms with Crippen LogP contribution in [0.3, 0.4) is 0 Å². The molecule has 1 fully saturated rings. The number of hydrogen-bond donors (Lipinski definition) is 2. The Morgan fingerprint density at radius 3 is 3.04 bits per heavy atom. The van der Waals surface area contributed by atoms with Crippen LogP contribution >= 0.6 is 11.3 Å². The fourth-order valence-corrected chi connectivity index (χ4v) is 3.47. The van der Waals surface area contributed by atoms with E-state index in [0.717, 1.165) is 11.4 Å². The van der Waals surface area contributed by atoms with Gasteiger partial charge in [-0.25, -0.2) is 0 Å². The number of ether oxygens (including phenoxy) is 1. The average molecular weight is 358 g/mol. The minimum absolute atomic E-state index is 0.0207. The first-order valence-corrected chi connectivity index (χ1v) is 9.06. The average Bonchev–Trinajstić information content (AvgIpc) is 3.28. The number of thiophene rings is 1. The Balaban J connectivity index is 1.59. The van der Waals surface area contributed by atoms with Crippen molar-refractivity contribution in [2.45, 2.75) is 19.0 Å². The molecule has 132 valence electrons. The maximum absolute atomic E-state index is 12.4. The lowest BCUT2D eigenvalue weighted by Gasteiger charge is -2.19. The molecule has 1 aromatic carbocycles. The van der Waals surface area contributed by atoms with Gasteiger partial charge in [-0.15, -0.1) is 0 Å². The van der Waals surface area contributed by atoms with Crippen molar-refractivity contribution in [3.8, 4) is 5.75 Å². The molecule has 1 saturated heterocycles. The standard InChI is InChI=1S/C18H22N4O2S/c1-19-18(20-10-13-6-7-25-12-13)21-14-8-17(23)22(11-14)15-4-3-5-16(9-15)24-2/h3-7,9,12,14H,8,10-11H2,1-2H3,(H2,19,20,21). The molecule has 25 heavy (non-hydrogen) atoms. The van der Waals surface area contributed by atoms with Crippen molar-refractivity contribution in [1.29, 1.82) is 0 Å². The van der Waals surface area contributed by atoms with Gasteiger partial charge in [-0.3, -0.25) is 9.79 Å². The van der Waals surface area contributed by atoms with Gasteiger partial charge in [-0.2, -0.15) is 11.3 Å². The van der Waals surface area contributed by atoms with Crippen LogP contribution < -0.4 is 20.3 Å². The van der Waals surface area contributed by atoms with Crippen molar-refractivity contribution in [2.24, 2.45) is 4.99 Å². The van der Waals surface area contributed by atoms with E-state index >= 15 is 0 Å². The summed E-state index contributed by atoms with van der Waals surface area (Å²) in [6, 6.07) is 9.66. The molecule has 3 rings (SSSR count). The van der Waals surface area contributed by atoms with Crippen LogP contribution in [-0.2, 0) is 11.3 Å². The molecule has 2 N–H and O–H groups in total. The molecular weight excluding hydrogens is 336 g/mol. The smallest absolute Gasteiger partial charge is 0.229 e. The second-order valence-electron chi connectivity index (χ2n) is 5.81. The Kier molecular flexibility index (Phi) is 5.55. The topological polar surface area (TPSA) is 66.0 Å². The molecule has 6 nitrogen and oxygen atoms in total. The third kappa shape index (κ3) is 4.30. The number of anilines is 1. The van der Waals surface area contributed by atoms with E-state index in [1.165, 1.54) is 5.56 Å². The van der Waals surface area contributed by atoms with E-state index in [-0.39, 0.29) is 11.9 Å². The Labute approximate surface area is 151 Å². The molecule has 1 aliphatic rings. The second-order valence-corrected chi connectivity index (χ2v) is 6.59. The zero-order chi connectivity index (χ0) is 17.6. The van der Waals surface area contributed by atoms with Crippen molar-refractivity contribution in [3.05, 3.63) is 46.7 Å². The molecular formula is C18H22N4O2S. The van der Waals surface area contributed by atoms with E-state index in [9.17, 15) is 4.79 Å². The number of amides is 1. The molecule has 1 amide bonds. The van der Waals surface area contributed by atoms with Crippen LogP contribution in [0.1, 0.15) is 12.0 Å². The second kappa shape index (κ2) is 8.02. The number of rotatable bonds is 5. The number of benzene rings is 1. The van der Waals surface area contributed by atoms with E-state index in [0.29, 0.717) is 25.5 Å². The maximum atomic E-state index is 12.4. The van der Waals surface area contributed by atoms with Crippen LogP contribution in [0.15, 0.2) is 46.1 Å². The molecule has 2 heterocycles. The van der Waals surface area contributed by atoms with Gasteiger partial charge in [-0.05, 0) is 34.5 Å². The monoisotopic (exact) mass is 358 g/mol. The fraction of sp³-hybridized carbons (Fsp3) is 0.333. The highest BCUT2D eigenvalue weighted by Crippen LogP contribution is 2.25. The molecule has 0 bridgehead atoms. The first-order valence-electron chi connectivity index (χ1n) is 8.12. The number of guanidine groups is 1.